The van der Waals surface area contributed by atoms with Crippen molar-refractivity contribution < 1.29 is 9.53 Å². The first-order valence-electron chi connectivity index (χ1n) is 9.47. The molecule has 0 aromatic heterocycles. The number of anilines is 1. The van der Waals surface area contributed by atoms with Crippen LogP contribution in [0, 0.1) is 0 Å². The zero-order valence-corrected chi connectivity index (χ0v) is 16.8. The van der Waals surface area contributed by atoms with Gasteiger partial charge in [0, 0.05) is 42.5 Å². The quantitative estimate of drug-likeness (QED) is 0.342. The summed E-state index contributed by atoms with van der Waals surface area (Å²) in [4.78, 5) is 16.4. The van der Waals surface area contributed by atoms with E-state index in [9.17, 15) is 4.79 Å². The van der Waals surface area contributed by atoms with Crippen LogP contribution in [0.25, 0.3) is 0 Å². The molecular weight excluding hydrogens is 348 g/mol. The van der Waals surface area contributed by atoms with Crippen molar-refractivity contribution in [2.75, 3.05) is 44.7 Å². The molecule has 2 rings (SSSR count). The zero-order valence-electron chi connectivity index (χ0n) is 16.0. The molecule has 5 heteroatoms. The third kappa shape index (κ3) is 6.42. The smallest absolute Gasteiger partial charge is 0.161 e. The van der Waals surface area contributed by atoms with Crippen LogP contribution in [-0.2, 0) is 4.74 Å². The molecule has 4 nitrogen and oxygen atoms in total. The second-order valence-corrected chi connectivity index (χ2v) is 7.47. The third-order valence-electron chi connectivity index (χ3n) is 4.85. The molecule has 1 heterocycles. The number of nitrogens with zero attached hydrogens (tertiary/aromatic N) is 2. The topological polar surface area (TPSA) is 32.8 Å². The van der Waals surface area contributed by atoms with E-state index in [0.29, 0.717) is 11.1 Å². The summed E-state index contributed by atoms with van der Waals surface area (Å²) < 4.78 is 6.05. The molecule has 0 N–H and O–H groups in total. The van der Waals surface area contributed by atoms with Crippen LogP contribution in [0.3, 0.4) is 0 Å². The molecule has 1 aromatic carbocycles. The number of benzene rings is 1. The first-order valence-corrected chi connectivity index (χ1v) is 9.85. The number of ether oxygens (including phenoxy) is 1. The minimum absolute atomic E-state index is 0.0801. The fraction of sp³-hybridized carbons (Fsp3) is 0.571. The lowest BCUT2D eigenvalue weighted by molar-refractivity contribution is 0.0342. The highest BCUT2D eigenvalue weighted by Gasteiger charge is 2.22. The first kappa shape index (κ1) is 20.9. The van der Waals surface area contributed by atoms with Crippen molar-refractivity contribution in [3.63, 3.8) is 0 Å². The maximum absolute atomic E-state index is 11.9. The van der Waals surface area contributed by atoms with E-state index < -0.39 is 0 Å². The van der Waals surface area contributed by atoms with Crippen molar-refractivity contribution in [3.05, 3.63) is 41.4 Å². The average Bonchev–Trinajstić information content (AvgIpc) is 2.62. The van der Waals surface area contributed by atoms with E-state index in [1.165, 1.54) is 0 Å². The summed E-state index contributed by atoms with van der Waals surface area (Å²) in [6, 6.07) is 5.51. The van der Waals surface area contributed by atoms with Gasteiger partial charge in [0.25, 0.3) is 0 Å². The number of carbonyl (C=O) groups excluding carboxylic acids is 1. The maximum atomic E-state index is 11.9. The van der Waals surface area contributed by atoms with Crippen LogP contribution in [0.1, 0.15) is 43.0 Å². The fourth-order valence-electron chi connectivity index (χ4n) is 3.37. The fourth-order valence-corrected chi connectivity index (χ4v) is 3.54. The lowest BCUT2D eigenvalue weighted by Crippen LogP contribution is -2.37. The highest BCUT2D eigenvalue weighted by Crippen LogP contribution is 2.28. The van der Waals surface area contributed by atoms with Gasteiger partial charge < -0.3 is 14.5 Å². The van der Waals surface area contributed by atoms with E-state index in [0.717, 1.165) is 69.7 Å². The summed E-state index contributed by atoms with van der Waals surface area (Å²) in [6.07, 6.45) is 6.46. The van der Waals surface area contributed by atoms with Crippen LogP contribution in [0.2, 0.25) is 5.02 Å². The molecule has 0 unspecified atom stereocenters. The summed E-state index contributed by atoms with van der Waals surface area (Å²) in [5, 5.41) is 0.671. The van der Waals surface area contributed by atoms with E-state index in [1.54, 1.807) is 13.0 Å². The monoisotopic (exact) mass is 378 g/mol. The molecule has 1 aliphatic heterocycles. The number of carbonyl (C=O) groups is 1. The Bertz CT molecular complexity index is 598. The summed E-state index contributed by atoms with van der Waals surface area (Å²) in [5.41, 5.74) is 1.70. The summed E-state index contributed by atoms with van der Waals surface area (Å²) in [7, 11) is 2.11. The van der Waals surface area contributed by atoms with Crippen molar-refractivity contribution in [1.29, 1.82) is 0 Å². The van der Waals surface area contributed by atoms with Crippen molar-refractivity contribution in [2.24, 2.45) is 0 Å². The van der Waals surface area contributed by atoms with Gasteiger partial charge in [-0.1, -0.05) is 17.7 Å². The molecule has 0 bridgehead atoms. The van der Waals surface area contributed by atoms with Crippen molar-refractivity contribution >= 4 is 23.1 Å². The maximum Gasteiger partial charge on any atom is 0.161 e. The normalized spacial score (nSPS) is 15.5. The van der Waals surface area contributed by atoms with Gasteiger partial charge in [0.2, 0.25) is 0 Å². The number of ketones is 1. The minimum Gasteiger partial charge on any atom is -0.378 e. The summed E-state index contributed by atoms with van der Waals surface area (Å²) in [6.45, 7) is 9.99. The molecule has 0 atom stereocenters. The van der Waals surface area contributed by atoms with Gasteiger partial charge in [-0.2, -0.15) is 0 Å². The van der Waals surface area contributed by atoms with Gasteiger partial charge in [-0.3, -0.25) is 4.79 Å². The van der Waals surface area contributed by atoms with E-state index in [2.05, 4.69) is 23.4 Å². The number of likely N-dealkylation sites (N-methyl/N-ethyl adjacent to an activating group) is 1. The number of hydrogen-bond acceptors (Lipinski definition) is 4. The van der Waals surface area contributed by atoms with Crippen LogP contribution in [0.4, 0.5) is 5.69 Å². The second kappa shape index (κ2) is 10.7. The molecule has 1 aromatic rings. The Morgan fingerprint density at radius 3 is 2.77 bits per heavy atom. The van der Waals surface area contributed by atoms with Gasteiger partial charge >= 0.3 is 0 Å². The van der Waals surface area contributed by atoms with Crippen molar-refractivity contribution in [2.45, 2.75) is 38.7 Å². The molecule has 0 saturated carbocycles. The zero-order chi connectivity index (χ0) is 18.9. The SMILES string of the molecule is C=CCN(C)CCCCOC1CCN(c2cc(Cl)ccc2C(C)=O)CC1. The van der Waals surface area contributed by atoms with Crippen LogP contribution in [0.5, 0.6) is 0 Å². The second-order valence-electron chi connectivity index (χ2n) is 7.03. The highest BCUT2D eigenvalue weighted by molar-refractivity contribution is 6.31. The first-order chi connectivity index (χ1) is 12.5. The molecule has 26 heavy (non-hydrogen) atoms. The Hall–Kier alpha value is -1.36. The third-order valence-corrected chi connectivity index (χ3v) is 5.09. The van der Waals surface area contributed by atoms with E-state index in [1.807, 2.05) is 18.2 Å². The van der Waals surface area contributed by atoms with Crippen LogP contribution in [0.15, 0.2) is 30.9 Å². The lowest BCUT2D eigenvalue weighted by Gasteiger charge is -2.34. The predicted molar refractivity (Wildman–Crippen MR) is 110 cm³/mol. The minimum atomic E-state index is 0.0801. The summed E-state index contributed by atoms with van der Waals surface area (Å²) in [5.74, 6) is 0.0801. The van der Waals surface area contributed by atoms with Gasteiger partial charge in [-0.15, -0.1) is 6.58 Å². The number of rotatable bonds is 10. The van der Waals surface area contributed by atoms with Crippen LogP contribution in [-0.4, -0.2) is 56.6 Å². The molecule has 0 radical (unpaired) electrons. The standard InChI is InChI=1S/C21H31ClN2O2/c1-4-11-23(3)12-5-6-15-26-19-9-13-24(14-10-19)21-16-18(22)7-8-20(21)17(2)25/h4,7-8,16,19H,1,5-6,9-15H2,2-3H3. The molecule has 144 valence electrons. The van der Waals surface area contributed by atoms with Crippen LogP contribution >= 0.6 is 11.6 Å². The number of Topliss-reactive ketones (excluding diaryl/α,β-unsaturated/α-hetero) is 1. The Morgan fingerprint density at radius 1 is 1.38 bits per heavy atom. The molecule has 1 saturated heterocycles. The molecule has 0 spiro atoms. The van der Waals surface area contributed by atoms with Gasteiger partial charge in [-0.25, -0.2) is 0 Å². The van der Waals surface area contributed by atoms with Crippen molar-refractivity contribution in [3.8, 4) is 0 Å². The lowest BCUT2D eigenvalue weighted by atomic mass is 10.0. The van der Waals surface area contributed by atoms with E-state index in [4.69, 9.17) is 16.3 Å². The van der Waals surface area contributed by atoms with Gasteiger partial charge in [0.05, 0.1) is 6.10 Å². The molecule has 0 aliphatic carbocycles. The van der Waals surface area contributed by atoms with Crippen LogP contribution < -0.4 is 4.90 Å². The predicted octanol–water partition coefficient (Wildman–Crippen LogP) is 4.43. The summed E-state index contributed by atoms with van der Waals surface area (Å²) >= 11 is 6.14. The largest absolute Gasteiger partial charge is 0.378 e. The van der Waals surface area contributed by atoms with Gasteiger partial charge in [0.15, 0.2) is 5.78 Å². The number of halogens is 1. The Morgan fingerprint density at radius 2 is 2.12 bits per heavy atom. The van der Waals surface area contributed by atoms with Gasteiger partial charge in [-0.05, 0) is 64.4 Å². The highest BCUT2D eigenvalue weighted by atomic mass is 35.5. The molecular formula is C21H31ClN2O2. The number of unbranched alkanes of at least 4 members (excludes halogenated alkanes) is 1. The van der Waals surface area contributed by atoms with Crippen molar-refractivity contribution in [1.82, 2.24) is 4.90 Å². The Balaban J connectivity index is 1.73. The Labute approximate surface area is 162 Å². The molecule has 1 fully saturated rings. The molecule has 1 aliphatic rings. The van der Waals surface area contributed by atoms with E-state index >= 15 is 0 Å². The molecule has 0 amide bonds. The number of piperidine rings is 1. The van der Waals surface area contributed by atoms with Gasteiger partial charge in [0.1, 0.15) is 0 Å². The number of hydrogen-bond donors (Lipinski definition) is 0. The van der Waals surface area contributed by atoms with E-state index in [-0.39, 0.29) is 5.78 Å². The average molecular weight is 379 g/mol. The Kier molecular flexibility index (Phi) is 8.63.